The van der Waals surface area contributed by atoms with Crippen molar-refractivity contribution in [3.05, 3.63) is 27.2 Å². The molecule has 0 unspecified atom stereocenters. The molecule has 1 aromatic rings. The molecule has 0 bridgehead atoms. The lowest BCUT2D eigenvalue weighted by molar-refractivity contribution is -0.146. The van der Waals surface area contributed by atoms with Crippen LogP contribution in [0.3, 0.4) is 0 Å². The summed E-state index contributed by atoms with van der Waals surface area (Å²) in [4.78, 5) is 38.4. The number of carbonyl (C=O) groups is 3. The molecule has 3 rings (SSSR count). The summed E-state index contributed by atoms with van der Waals surface area (Å²) in [6, 6.07) is 0. The highest BCUT2D eigenvalue weighted by atomic mass is 32.1. The average Bonchev–Trinajstić information content (AvgIpc) is 3.21. The molecule has 0 fully saturated rings. The molecule has 2 atom stereocenters. The molecule has 2 aliphatic rings. The Labute approximate surface area is 169 Å². The number of aryl methyl sites for hydroxylation is 1. The zero-order chi connectivity index (χ0) is 20.4. The van der Waals surface area contributed by atoms with Crippen molar-refractivity contribution in [1.29, 1.82) is 0 Å². The third-order valence-electron chi connectivity index (χ3n) is 5.72. The Morgan fingerprint density at radius 3 is 2.46 bits per heavy atom. The number of anilines is 1. The summed E-state index contributed by atoms with van der Waals surface area (Å²) in [6.45, 7) is 6.14. The van der Waals surface area contributed by atoms with Crippen LogP contribution in [-0.2, 0) is 27.2 Å². The number of ether oxygens (including phenoxy) is 1. The minimum atomic E-state index is -0.955. The lowest BCUT2D eigenvalue weighted by Gasteiger charge is -2.29. The van der Waals surface area contributed by atoms with Gasteiger partial charge in [-0.1, -0.05) is 18.1 Å². The van der Waals surface area contributed by atoms with Gasteiger partial charge in [-0.05, 0) is 57.9 Å². The number of allylic oxidation sites excluding steroid dienone is 2. The molecule has 152 valence electrons. The normalized spacial score (nSPS) is 21.4. The van der Waals surface area contributed by atoms with Crippen LogP contribution in [0.25, 0.3) is 0 Å². The minimum Gasteiger partial charge on any atom is -0.481 e. The number of carboxylic acid groups (broad SMARTS) is 1. The smallest absolute Gasteiger partial charge is 0.341 e. The quantitative estimate of drug-likeness (QED) is 0.547. The number of fused-ring (bicyclic) bond motifs is 1. The number of carbonyl (C=O) groups excluding carboxylic acids is 2. The average molecular weight is 406 g/mol. The van der Waals surface area contributed by atoms with Gasteiger partial charge in [-0.2, -0.15) is 0 Å². The van der Waals surface area contributed by atoms with Crippen LogP contribution in [0.15, 0.2) is 11.1 Å². The number of nitrogens with one attached hydrogen (secondary N) is 1. The van der Waals surface area contributed by atoms with Gasteiger partial charge in [0.25, 0.3) is 0 Å². The maximum atomic E-state index is 13.0. The number of thiophene rings is 1. The van der Waals surface area contributed by atoms with E-state index in [1.165, 1.54) is 11.3 Å². The minimum absolute atomic E-state index is 0.330. The Balaban J connectivity index is 1.86. The molecule has 0 aliphatic heterocycles. The Morgan fingerprint density at radius 2 is 1.82 bits per heavy atom. The molecule has 0 spiro atoms. The molecule has 1 heterocycles. The molecule has 0 aromatic carbocycles. The number of hydrogen-bond acceptors (Lipinski definition) is 5. The van der Waals surface area contributed by atoms with Gasteiger partial charge >= 0.3 is 11.9 Å². The Bertz CT molecular complexity index is 838. The summed E-state index contributed by atoms with van der Waals surface area (Å²) in [6.07, 6.45) is 4.23. The van der Waals surface area contributed by atoms with E-state index < -0.39 is 23.8 Å². The molecule has 7 heteroatoms. The maximum Gasteiger partial charge on any atom is 0.341 e. The highest BCUT2D eigenvalue weighted by molar-refractivity contribution is 7.17. The van der Waals surface area contributed by atoms with Crippen molar-refractivity contribution in [2.24, 2.45) is 11.8 Å². The molecular weight excluding hydrogens is 378 g/mol. The molecule has 0 saturated heterocycles. The number of carboxylic acids is 1. The summed E-state index contributed by atoms with van der Waals surface area (Å²) >= 11 is 1.42. The summed E-state index contributed by atoms with van der Waals surface area (Å²) < 4.78 is 5.33. The van der Waals surface area contributed by atoms with Gasteiger partial charge in [-0.15, -0.1) is 11.3 Å². The molecule has 2 N–H and O–H groups in total. The molecule has 6 nitrogen and oxygen atoms in total. The second-order valence-electron chi connectivity index (χ2n) is 7.71. The van der Waals surface area contributed by atoms with Crippen molar-refractivity contribution in [3.63, 3.8) is 0 Å². The first-order valence-electron chi connectivity index (χ1n) is 9.84. The van der Waals surface area contributed by atoms with Gasteiger partial charge in [0.1, 0.15) is 5.00 Å². The lowest BCUT2D eigenvalue weighted by atomic mass is 9.76. The van der Waals surface area contributed by atoms with Crippen molar-refractivity contribution >= 4 is 34.2 Å². The van der Waals surface area contributed by atoms with Gasteiger partial charge in [-0.25, -0.2) is 4.79 Å². The Hall–Kier alpha value is -2.15. The summed E-state index contributed by atoms with van der Waals surface area (Å²) in [5, 5.41) is 13.0. The van der Waals surface area contributed by atoms with E-state index in [1.54, 1.807) is 0 Å². The number of esters is 1. The second-order valence-corrected chi connectivity index (χ2v) is 8.81. The fraction of sp³-hybridized carbons (Fsp3) is 0.571. The molecule has 1 amide bonds. The van der Waals surface area contributed by atoms with E-state index in [0.29, 0.717) is 30.0 Å². The van der Waals surface area contributed by atoms with Gasteiger partial charge in [-0.3, -0.25) is 9.59 Å². The van der Waals surface area contributed by atoms with E-state index in [9.17, 15) is 19.5 Å². The highest BCUT2D eigenvalue weighted by Gasteiger charge is 2.38. The largest absolute Gasteiger partial charge is 0.481 e. The standard InChI is InChI=1S/C21H27NO5S/c1-4-8-27-21(26)17-13-6-5-7-16(13)28-19(17)22-18(23)14-9-11(2)12(3)10-15(14)20(24)25/h14-15H,4-10H2,1-3H3,(H,22,23)(H,24,25)/t14-,15+/m0/s1. The first kappa shape index (κ1) is 20.6. The lowest BCUT2D eigenvalue weighted by Crippen LogP contribution is -2.36. The van der Waals surface area contributed by atoms with Gasteiger partial charge in [0, 0.05) is 4.88 Å². The highest BCUT2D eigenvalue weighted by Crippen LogP contribution is 2.41. The number of rotatable bonds is 6. The predicted molar refractivity (Wildman–Crippen MR) is 108 cm³/mol. The van der Waals surface area contributed by atoms with E-state index in [1.807, 2.05) is 20.8 Å². The molecule has 0 saturated carbocycles. The predicted octanol–water partition coefficient (Wildman–Crippen LogP) is 4.19. The van der Waals surface area contributed by atoms with Gasteiger partial charge in [0.05, 0.1) is 24.0 Å². The second kappa shape index (κ2) is 8.47. The Morgan fingerprint density at radius 1 is 1.14 bits per heavy atom. The van der Waals surface area contributed by atoms with Gasteiger partial charge in [0.15, 0.2) is 0 Å². The van der Waals surface area contributed by atoms with E-state index in [4.69, 9.17) is 4.74 Å². The SMILES string of the molecule is CCCOC(=O)c1c(NC(=O)[C@H]2CC(C)=C(C)C[C@H]2C(=O)O)sc2c1CCC2. The molecule has 28 heavy (non-hydrogen) atoms. The topological polar surface area (TPSA) is 92.7 Å². The maximum absolute atomic E-state index is 13.0. The van der Waals surface area contributed by atoms with E-state index in [0.717, 1.165) is 47.3 Å². The molecule has 1 aromatic heterocycles. The van der Waals surface area contributed by atoms with Crippen LogP contribution in [0.2, 0.25) is 0 Å². The van der Waals surface area contributed by atoms with Crippen molar-refractivity contribution in [2.45, 2.75) is 59.3 Å². The van der Waals surface area contributed by atoms with Crippen molar-refractivity contribution < 1.29 is 24.2 Å². The fourth-order valence-electron chi connectivity index (χ4n) is 4.01. The zero-order valence-electron chi connectivity index (χ0n) is 16.6. The number of hydrogen-bond donors (Lipinski definition) is 2. The van der Waals surface area contributed by atoms with Crippen LogP contribution in [0.5, 0.6) is 0 Å². The van der Waals surface area contributed by atoms with E-state index in [2.05, 4.69) is 5.32 Å². The van der Waals surface area contributed by atoms with Crippen LogP contribution in [0, 0.1) is 11.8 Å². The molecule has 0 radical (unpaired) electrons. The van der Waals surface area contributed by atoms with Crippen LogP contribution >= 0.6 is 11.3 Å². The summed E-state index contributed by atoms with van der Waals surface area (Å²) in [5.74, 6) is -3.07. The van der Waals surface area contributed by atoms with Crippen LogP contribution in [-0.4, -0.2) is 29.6 Å². The van der Waals surface area contributed by atoms with E-state index >= 15 is 0 Å². The van der Waals surface area contributed by atoms with Gasteiger partial charge < -0.3 is 15.2 Å². The zero-order valence-corrected chi connectivity index (χ0v) is 17.4. The summed E-state index contributed by atoms with van der Waals surface area (Å²) in [7, 11) is 0. The third-order valence-corrected chi connectivity index (χ3v) is 6.93. The molecule has 2 aliphatic carbocycles. The van der Waals surface area contributed by atoms with Gasteiger partial charge in [0.2, 0.25) is 5.91 Å². The van der Waals surface area contributed by atoms with Crippen LogP contribution < -0.4 is 5.32 Å². The first-order chi connectivity index (χ1) is 13.3. The van der Waals surface area contributed by atoms with E-state index in [-0.39, 0.29) is 5.91 Å². The Kier molecular flexibility index (Phi) is 6.23. The van der Waals surface area contributed by atoms with Crippen molar-refractivity contribution in [2.75, 3.05) is 11.9 Å². The first-order valence-corrected chi connectivity index (χ1v) is 10.7. The molecular formula is C21H27NO5S. The van der Waals surface area contributed by atoms with Crippen LogP contribution in [0.1, 0.15) is 67.3 Å². The van der Waals surface area contributed by atoms with Crippen molar-refractivity contribution in [1.82, 2.24) is 0 Å². The summed E-state index contributed by atoms with van der Waals surface area (Å²) in [5.41, 5.74) is 3.54. The van der Waals surface area contributed by atoms with Crippen LogP contribution in [0.4, 0.5) is 5.00 Å². The fourth-order valence-corrected chi connectivity index (χ4v) is 5.29. The number of amides is 1. The number of aliphatic carboxylic acids is 1. The monoisotopic (exact) mass is 405 g/mol. The van der Waals surface area contributed by atoms with Crippen molar-refractivity contribution in [3.8, 4) is 0 Å². The third kappa shape index (κ3) is 3.99.